The predicted molar refractivity (Wildman–Crippen MR) is 73.9 cm³/mol. The molecule has 2 rings (SSSR count). The van der Waals surface area contributed by atoms with Crippen LogP contribution < -0.4 is 4.74 Å². The highest BCUT2D eigenvalue weighted by molar-refractivity contribution is 9.10. The van der Waals surface area contributed by atoms with Gasteiger partial charge in [0.05, 0.1) is 12.7 Å². The van der Waals surface area contributed by atoms with Gasteiger partial charge < -0.3 is 14.6 Å². The Hall–Kier alpha value is -0.580. The number of benzene rings is 1. The van der Waals surface area contributed by atoms with E-state index in [1.165, 1.54) is 6.42 Å². The lowest BCUT2D eigenvalue weighted by Gasteiger charge is -2.23. The van der Waals surface area contributed by atoms with Gasteiger partial charge in [-0.15, -0.1) is 0 Å². The Morgan fingerprint density at radius 3 is 2.94 bits per heavy atom. The standard InChI is InChI=1S/C14H19BrO3/c1-10-6-12(15)7-11(8-16)14(10)18-9-13-4-2-3-5-17-13/h6-7,13,16H,2-5,8-9H2,1H3. The van der Waals surface area contributed by atoms with Crippen LogP contribution in [-0.2, 0) is 11.3 Å². The summed E-state index contributed by atoms with van der Waals surface area (Å²) in [6.45, 7) is 3.37. The molecule has 0 saturated carbocycles. The molecule has 0 aliphatic carbocycles. The number of aliphatic hydroxyl groups is 1. The molecule has 1 N–H and O–H groups in total. The van der Waals surface area contributed by atoms with Gasteiger partial charge in [-0.3, -0.25) is 0 Å². The quantitative estimate of drug-likeness (QED) is 0.927. The Morgan fingerprint density at radius 1 is 1.44 bits per heavy atom. The van der Waals surface area contributed by atoms with Crippen LogP contribution in [0.4, 0.5) is 0 Å². The third-order valence-electron chi connectivity index (χ3n) is 3.17. The van der Waals surface area contributed by atoms with Crippen LogP contribution in [0.25, 0.3) is 0 Å². The van der Waals surface area contributed by atoms with Crippen molar-refractivity contribution >= 4 is 15.9 Å². The first kappa shape index (κ1) is 13.8. The Labute approximate surface area is 116 Å². The van der Waals surface area contributed by atoms with Crippen LogP contribution in [0.1, 0.15) is 30.4 Å². The van der Waals surface area contributed by atoms with E-state index < -0.39 is 0 Å². The van der Waals surface area contributed by atoms with Crippen LogP contribution in [0.3, 0.4) is 0 Å². The van der Waals surface area contributed by atoms with E-state index in [9.17, 15) is 5.11 Å². The fourth-order valence-electron chi connectivity index (χ4n) is 2.24. The van der Waals surface area contributed by atoms with Gasteiger partial charge in [0.25, 0.3) is 0 Å². The Bertz CT molecular complexity index is 400. The van der Waals surface area contributed by atoms with Crippen molar-refractivity contribution in [2.45, 2.75) is 38.9 Å². The highest BCUT2D eigenvalue weighted by atomic mass is 79.9. The molecule has 1 aliphatic heterocycles. The predicted octanol–water partition coefficient (Wildman–Crippen LogP) is 3.20. The zero-order valence-electron chi connectivity index (χ0n) is 10.6. The molecule has 0 bridgehead atoms. The molecule has 1 unspecified atom stereocenters. The third kappa shape index (κ3) is 3.46. The minimum Gasteiger partial charge on any atom is -0.490 e. The number of aryl methyl sites for hydroxylation is 1. The van der Waals surface area contributed by atoms with Crippen molar-refractivity contribution in [3.8, 4) is 5.75 Å². The van der Waals surface area contributed by atoms with Crippen LogP contribution in [0.15, 0.2) is 16.6 Å². The third-order valence-corrected chi connectivity index (χ3v) is 3.63. The molecule has 1 aliphatic rings. The summed E-state index contributed by atoms with van der Waals surface area (Å²) in [4.78, 5) is 0. The zero-order valence-corrected chi connectivity index (χ0v) is 12.2. The lowest BCUT2D eigenvalue weighted by atomic mass is 10.1. The van der Waals surface area contributed by atoms with Crippen LogP contribution in [0, 0.1) is 6.92 Å². The minimum atomic E-state index is -0.0128. The second kappa shape index (κ2) is 6.55. The lowest BCUT2D eigenvalue weighted by molar-refractivity contribution is -0.0115. The van der Waals surface area contributed by atoms with E-state index >= 15 is 0 Å². The number of aliphatic hydroxyl groups excluding tert-OH is 1. The van der Waals surface area contributed by atoms with Gasteiger partial charge in [0.15, 0.2) is 0 Å². The Kier molecular flexibility index (Phi) is 5.03. The fourth-order valence-corrected chi connectivity index (χ4v) is 2.86. The van der Waals surface area contributed by atoms with Gasteiger partial charge in [0, 0.05) is 16.6 Å². The first-order chi connectivity index (χ1) is 8.70. The van der Waals surface area contributed by atoms with Crippen LogP contribution >= 0.6 is 15.9 Å². The van der Waals surface area contributed by atoms with E-state index in [1.54, 1.807) is 0 Å². The van der Waals surface area contributed by atoms with Crippen LogP contribution in [0.2, 0.25) is 0 Å². The highest BCUT2D eigenvalue weighted by Gasteiger charge is 2.16. The largest absolute Gasteiger partial charge is 0.490 e. The summed E-state index contributed by atoms with van der Waals surface area (Å²) in [5.74, 6) is 0.787. The lowest BCUT2D eigenvalue weighted by Crippen LogP contribution is -2.26. The van der Waals surface area contributed by atoms with Crippen LogP contribution in [-0.4, -0.2) is 24.4 Å². The smallest absolute Gasteiger partial charge is 0.127 e. The summed E-state index contributed by atoms with van der Waals surface area (Å²) in [7, 11) is 0. The molecule has 1 aromatic rings. The van der Waals surface area contributed by atoms with Crippen LogP contribution in [0.5, 0.6) is 5.75 Å². The first-order valence-electron chi connectivity index (χ1n) is 6.35. The second-order valence-corrected chi connectivity index (χ2v) is 5.58. The van der Waals surface area contributed by atoms with Crippen molar-refractivity contribution in [2.75, 3.05) is 13.2 Å². The number of hydrogen-bond acceptors (Lipinski definition) is 3. The van der Waals surface area contributed by atoms with Gasteiger partial charge in [-0.2, -0.15) is 0 Å². The maximum absolute atomic E-state index is 9.37. The number of ether oxygens (including phenoxy) is 2. The molecule has 1 aromatic carbocycles. The van der Waals surface area contributed by atoms with Gasteiger partial charge in [-0.25, -0.2) is 0 Å². The van der Waals surface area contributed by atoms with Crippen molar-refractivity contribution in [3.05, 3.63) is 27.7 Å². The number of rotatable bonds is 4. The molecular formula is C14H19BrO3. The van der Waals surface area contributed by atoms with E-state index in [0.717, 1.165) is 40.8 Å². The number of hydrogen-bond donors (Lipinski definition) is 1. The summed E-state index contributed by atoms with van der Waals surface area (Å²) in [6.07, 6.45) is 3.60. The van der Waals surface area contributed by atoms with E-state index in [4.69, 9.17) is 9.47 Å². The Morgan fingerprint density at radius 2 is 2.28 bits per heavy atom. The molecule has 18 heavy (non-hydrogen) atoms. The molecule has 1 atom stereocenters. The van der Waals surface area contributed by atoms with Crippen molar-refractivity contribution in [1.82, 2.24) is 0 Å². The number of halogens is 1. The van der Waals surface area contributed by atoms with Gasteiger partial charge >= 0.3 is 0 Å². The average Bonchev–Trinajstić information content (AvgIpc) is 2.38. The van der Waals surface area contributed by atoms with Gasteiger partial charge in [-0.05, 0) is 43.9 Å². The molecule has 100 valence electrons. The van der Waals surface area contributed by atoms with E-state index in [1.807, 2.05) is 19.1 Å². The van der Waals surface area contributed by atoms with E-state index in [2.05, 4.69) is 15.9 Å². The van der Waals surface area contributed by atoms with Crippen molar-refractivity contribution < 1.29 is 14.6 Å². The molecule has 3 nitrogen and oxygen atoms in total. The minimum absolute atomic E-state index is 0.0128. The summed E-state index contributed by atoms with van der Waals surface area (Å²) in [5, 5.41) is 9.37. The molecule has 0 radical (unpaired) electrons. The molecule has 0 amide bonds. The van der Waals surface area contributed by atoms with Crippen molar-refractivity contribution in [3.63, 3.8) is 0 Å². The Balaban J connectivity index is 2.03. The average molecular weight is 315 g/mol. The highest BCUT2D eigenvalue weighted by Crippen LogP contribution is 2.28. The maximum Gasteiger partial charge on any atom is 0.127 e. The molecule has 4 heteroatoms. The van der Waals surface area contributed by atoms with E-state index in [-0.39, 0.29) is 12.7 Å². The summed E-state index contributed by atoms with van der Waals surface area (Å²) in [6, 6.07) is 3.89. The zero-order chi connectivity index (χ0) is 13.0. The normalized spacial score (nSPS) is 19.8. The maximum atomic E-state index is 9.37. The van der Waals surface area contributed by atoms with Crippen molar-refractivity contribution in [2.24, 2.45) is 0 Å². The summed E-state index contributed by atoms with van der Waals surface area (Å²) < 4.78 is 12.5. The molecule has 0 aromatic heterocycles. The topological polar surface area (TPSA) is 38.7 Å². The van der Waals surface area contributed by atoms with Gasteiger partial charge in [-0.1, -0.05) is 15.9 Å². The SMILES string of the molecule is Cc1cc(Br)cc(CO)c1OCC1CCCCO1. The molecule has 1 fully saturated rings. The first-order valence-corrected chi connectivity index (χ1v) is 7.14. The molecule has 1 heterocycles. The summed E-state index contributed by atoms with van der Waals surface area (Å²) in [5.41, 5.74) is 1.85. The molecule has 0 spiro atoms. The van der Waals surface area contributed by atoms with Gasteiger partial charge in [0.2, 0.25) is 0 Å². The second-order valence-electron chi connectivity index (χ2n) is 4.67. The van der Waals surface area contributed by atoms with Crippen molar-refractivity contribution in [1.29, 1.82) is 0 Å². The van der Waals surface area contributed by atoms with E-state index in [0.29, 0.717) is 6.61 Å². The van der Waals surface area contributed by atoms with Gasteiger partial charge in [0.1, 0.15) is 12.4 Å². The fraction of sp³-hybridized carbons (Fsp3) is 0.571. The molecular weight excluding hydrogens is 296 g/mol. The monoisotopic (exact) mass is 314 g/mol. The molecule has 1 saturated heterocycles. The summed E-state index contributed by atoms with van der Waals surface area (Å²) >= 11 is 3.42.